The average molecular weight is 517 g/mol. The summed E-state index contributed by atoms with van der Waals surface area (Å²) in [6.45, 7) is 0.646. The number of aromatic nitrogens is 1. The van der Waals surface area contributed by atoms with E-state index in [1.807, 2.05) is 48.7 Å². The zero-order valence-corrected chi connectivity index (χ0v) is 20.9. The summed E-state index contributed by atoms with van der Waals surface area (Å²) in [6.07, 6.45) is 3.72. The summed E-state index contributed by atoms with van der Waals surface area (Å²) in [6, 6.07) is 22.3. The Balaban J connectivity index is 1.46. The Bertz CT molecular complexity index is 1540. The van der Waals surface area contributed by atoms with Crippen LogP contribution in [0.25, 0.3) is 17.0 Å². The van der Waals surface area contributed by atoms with Crippen LogP contribution in [0.5, 0.6) is 0 Å². The molecule has 0 atom stereocenters. The van der Waals surface area contributed by atoms with Crippen LogP contribution in [0.2, 0.25) is 5.02 Å². The molecule has 3 aromatic carbocycles. The third kappa shape index (κ3) is 4.67. The van der Waals surface area contributed by atoms with E-state index in [0.717, 1.165) is 33.8 Å². The van der Waals surface area contributed by atoms with Gasteiger partial charge in [-0.3, -0.25) is 14.5 Å². The maximum Gasteiger partial charge on any atom is 0.337 e. The molecule has 0 unspecified atom stereocenters. The van der Waals surface area contributed by atoms with Crippen LogP contribution in [0, 0.1) is 0 Å². The van der Waals surface area contributed by atoms with E-state index in [4.69, 9.17) is 16.3 Å². The summed E-state index contributed by atoms with van der Waals surface area (Å²) >= 11 is 7.16. The lowest BCUT2D eigenvalue weighted by molar-refractivity contribution is -0.123. The van der Waals surface area contributed by atoms with Crippen molar-refractivity contribution in [1.82, 2.24) is 9.47 Å². The maximum atomic E-state index is 13.1. The largest absolute Gasteiger partial charge is 0.465 e. The van der Waals surface area contributed by atoms with Gasteiger partial charge in [-0.15, -0.1) is 0 Å². The Kier molecular flexibility index (Phi) is 6.67. The van der Waals surface area contributed by atoms with Gasteiger partial charge in [0, 0.05) is 34.2 Å². The number of carbonyl (C=O) groups is 3. The number of benzene rings is 3. The fourth-order valence-corrected chi connectivity index (χ4v) is 5.23. The molecule has 1 fully saturated rings. The van der Waals surface area contributed by atoms with Crippen LogP contribution in [0.1, 0.15) is 27.0 Å². The first-order valence-corrected chi connectivity index (χ1v) is 12.4. The number of ether oxygens (including phenoxy) is 1. The number of amides is 2. The number of carbonyl (C=O) groups excluding carboxylic acids is 3. The number of halogens is 1. The Morgan fingerprint density at radius 3 is 2.58 bits per heavy atom. The van der Waals surface area contributed by atoms with Crippen LogP contribution in [0.4, 0.5) is 4.79 Å². The number of esters is 1. The first-order chi connectivity index (χ1) is 17.4. The number of rotatable bonds is 6. The number of hydrogen-bond donors (Lipinski definition) is 0. The normalized spacial score (nSPS) is 14.7. The highest BCUT2D eigenvalue weighted by Crippen LogP contribution is 2.35. The van der Waals surface area contributed by atoms with Crippen LogP contribution in [0.15, 0.2) is 83.9 Å². The lowest BCUT2D eigenvalue weighted by Gasteiger charge is -2.13. The van der Waals surface area contributed by atoms with Crippen LogP contribution in [-0.4, -0.2) is 33.7 Å². The number of nitrogens with zero attached hydrogens (tertiary/aromatic N) is 2. The van der Waals surface area contributed by atoms with Gasteiger partial charge in [0.05, 0.1) is 24.1 Å². The Morgan fingerprint density at radius 2 is 1.78 bits per heavy atom. The Hall–Kier alpha value is -3.81. The minimum Gasteiger partial charge on any atom is -0.465 e. The van der Waals surface area contributed by atoms with E-state index in [9.17, 15) is 14.4 Å². The molecule has 0 aliphatic carbocycles. The van der Waals surface area contributed by atoms with Gasteiger partial charge in [-0.05, 0) is 53.2 Å². The second-order valence-electron chi connectivity index (χ2n) is 8.28. The minimum atomic E-state index is -0.387. The standard InChI is InChI=1S/C28H21ClN2O4S/c1-35-27(33)19-9-6-7-18(13-19)15-30-16-21(22-10-3-5-12-24(22)30)14-25-26(32)31(28(34)36-25)17-20-8-2-4-11-23(20)29/h2-14,16H,15,17H2,1H3/b25-14-. The summed E-state index contributed by atoms with van der Waals surface area (Å²) in [5, 5.41) is 1.15. The second-order valence-corrected chi connectivity index (χ2v) is 9.68. The zero-order valence-electron chi connectivity index (χ0n) is 19.3. The van der Waals surface area contributed by atoms with Gasteiger partial charge in [-0.2, -0.15) is 0 Å². The number of hydrogen-bond acceptors (Lipinski definition) is 5. The smallest absolute Gasteiger partial charge is 0.337 e. The molecule has 0 N–H and O–H groups in total. The molecular weight excluding hydrogens is 496 g/mol. The highest BCUT2D eigenvalue weighted by atomic mass is 35.5. The summed E-state index contributed by atoms with van der Waals surface area (Å²) in [7, 11) is 1.36. The van der Waals surface area contributed by atoms with Crippen LogP contribution in [-0.2, 0) is 22.6 Å². The van der Waals surface area contributed by atoms with Crippen molar-refractivity contribution in [3.8, 4) is 0 Å². The van der Waals surface area contributed by atoms with Crippen LogP contribution < -0.4 is 0 Å². The third-order valence-electron chi connectivity index (χ3n) is 5.97. The van der Waals surface area contributed by atoms with Gasteiger partial charge in [0.1, 0.15) is 0 Å². The summed E-state index contributed by atoms with van der Waals surface area (Å²) in [4.78, 5) is 39.3. The summed E-state index contributed by atoms with van der Waals surface area (Å²) in [5.41, 5.74) is 3.94. The summed E-state index contributed by atoms with van der Waals surface area (Å²) in [5.74, 6) is -0.727. The second kappa shape index (κ2) is 10.0. The molecular formula is C28H21ClN2O4S. The molecule has 0 spiro atoms. The highest BCUT2D eigenvalue weighted by molar-refractivity contribution is 8.18. The van der Waals surface area contributed by atoms with Gasteiger partial charge in [0.25, 0.3) is 11.1 Å². The SMILES string of the molecule is COC(=O)c1cccc(Cn2cc(/C=C3\SC(=O)N(Cc4ccccc4Cl)C3=O)c3ccccc32)c1. The fourth-order valence-electron chi connectivity index (χ4n) is 4.21. The van der Waals surface area contributed by atoms with Crippen LogP contribution >= 0.6 is 23.4 Å². The van der Waals surface area contributed by atoms with Crippen molar-refractivity contribution in [1.29, 1.82) is 0 Å². The van der Waals surface area contributed by atoms with Gasteiger partial charge in [0.2, 0.25) is 0 Å². The summed E-state index contributed by atoms with van der Waals surface area (Å²) < 4.78 is 6.90. The van der Waals surface area contributed by atoms with E-state index in [1.165, 1.54) is 12.0 Å². The molecule has 1 aliphatic rings. The Morgan fingerprint density at radius 1 is 1.00 bits per heavy atom. The lowest BCUT2D eigenvalue weighted by Crippen LogP contribution is -2.27. The van der Waals surface area contributed by atoms with Gasteiger partial charge < -0.3 is 9.30 Å². The van der Waals surface area contributed by atoms with Crippen molar-refractivity contribution in [2.45, 2.75) is 13.1 Å². The number of fused-ring (bicyclic) bond motifs is 1. The molecule has 0 saturated carbocycles. The molecule has 0 bridgehead atoms. The van der Waals surface area contributed by atoms with Crippen molar-refractivity contribution in [2.75, 3.05) is 7.11 Å². The van der Waals surface area contributed by atoms with Gasteiger partial charge >= 0.3 is 5.97 Å². The van der Waals surface area contributed by atoms with E-state index in [1.54, 1.807) is 36.4 Å². The van der Waals surface area contributed by atoms with Gasteiger partial charge in [-0.25, -0.2) is 4.79 Å². The molecule has 1 aromatic heterocycles. The third-order valence-corrected chi connectivity index (χ3v) is 7.24. The quantitative estimate of drug-likeness (QED) is 0.220. The van der Waals surface area contributed by atoms with Crippen molar-refractivity contribution in [3.05, 3.63) is 111 Å². The van der Waals surface area contributed by atoms with Gasteiger partial charge in [-0.1, -0.05) is 60.1 Å². The predicted molar refractivity (Wildman–Crippen MR) is 142 cm³/mol. The predicted octanol–water partition coefficient (Wildman–Crippen LogP) is 6.37. The van der Waals surface area contributed by atoms with E-state index in [2.05, 4.69) is 4.57 Å². The van der Waals surface area contributed by atoms with E-state index < -0.39 is 0 Å². The minimum absolute atomic E-state index is 0.125. The first-order valence-electron chi connectivity index (χ1n) is 11.2. The topological polar surface area (TPSA) is 68.6 Å². The fraction of sp³-hybridized carbons (Fsp3) is 0.107. The zero-order chi connectivity index (χ0) is 25.2. The molecule has 2 amide bonds. The maximum absolute atomic E-state index is 13.1. The van der Waals surface area contributed by atoms with E-state index >= 15 is 0 Å². The van der Waals surface area contributed by atoms with Crippen molar-refractivity contribution < 1.29 is 19.1 Å². The van der Waals surface area contributed by atoms with Crippen molar-refractivity contribution in [3.63, 3.8) is 0 Å². The Labute approximate surface area is 217 Å². The molecule has 0 radical (unpaired) electrons. The number of imide groups is 1. The first kappa shape index (κ1) is 23.9. The molecule has 1 aliphatic heterocycles. The van der Waals surface area contributed by atoms with Gasteiger partial charge in [0.15, 0.2) is 0 Å². The molecule has 5 rings (SSSR count). The lowest BCUT2D eigenvalue weighted by atomic mass is 10.1. The number of para-hydroxylation sites is 1. The molecule has 4 aromatic rings. The highest BCUT2D eigenvalue weighted by Gasteiger charge is 2.35. The van der Waals surface area contributed by atoms with E-state index in [0.29, 0.717) is 27.6 Å². The number of methoxy groups -OCH3 is 1. The van der Waals surface area contributed by atoms with E-state index in [-0.39, 0.29) is 23.7 Å². The molecule has 1 saturated heterocycles. The molecule has 36 heavy (non-hydrogen) atoms. The molecule has 6 nitrogen and oxygen atoms in total. The van der Waals surface area contributed by atoms with Crippen LogP contribution in [0.3, 0.4) is 0 Å². The number of thioether (sulfide) groups is 1. The average Bonchev–Trinajstić information content (AvgIpc) is 3.36. The molecule has 180 valence electrons. The molecule has 8 heteroatoms. The van der Waals surface area contributed by atoms with Crippen molar-refractivity contribution in [2.24, 2.45) is 0 Å². The molecule has 2 heterocycles. The van der Waals surface area contributed by atoms with Crippen molar-refractivity contribution >= 4 is 57.5 Å². The monoisotopic (exact) mass is 516 g/mol.